The zero-order valence-corrected chi connectivity index (χ0v) is 24.8. The van der Waals surface area contributed by atoms with Crippen LogP contribution < -0.4 is 20.7 Å². The van der Waals surface area contributed by atoms with Gasteiger partial charge in [-0.15, -0.1) is 0 Å². The molecule has 0 aliphatic carbocycles. The molecule has 0 bridgehead atoms. The van der Waals surface area contributed by atoms with Gasteiger partial charge in [-0.3, -0.25) is 4.79 Å². The van der Waals surface area contributed by atoms with Gasteiger partial charge in [0, 0.05) is 50.0 Å². The number of carbonyl (C=O) groups is 2. The highest BCUT2D eigenvalue weighted by atomic mass is 35.5. The number of carbonyl (C=O) groups excluding carboxylic acids is 2. The predicted octanol–water partition coefficient (Wildman–Crippen LogP) is 3.96. The van der Waals surface area contributed by atoms with E-state index in [9.17, 15) is 9.59 Å². The molecule has 10 nitrogen and oxygen atoms in total. The fourth-order valence-electron chi connectivity index (χ4n) is 4.69. The van der Waals surface area contributed by atoms with Gasteiger partial charge in [-0.1, -0.05) is 23.7 Å². The van der Waals surface area contributed by atoms with E-state index in [-0.39, 0.29) is 25.1 Å². The number of alkyl carbamates (subject to hydrolysis) is 1. The van der Waals surface area contributed by atoms with Gasteiger partial charge >= 0.3 is 6.09 Å². The Labute approximate surface area is 247 Å². The third-order valence-corrected chi connectivity index (χ3v) is 7.15. The second-order valence-corrected chi connectivity index (χ2v) is 10.3. The van der Waals surface area contributed by atoms with Gasteiger partial charge in [-0.25, -0.2) is 4.79 Å². The normalized spacial score (nSPS) is 15.1. The van der Waals surface area contributed by atoms with Crippen LogP contribution >= 0.6 is 11.6 Å². The van der Waals surface area contributed by atoms with Crippen molar-refractivity contribution in [3.05, 3.63) is 64.2 Å². The van der Waals surface area contributed by atoms with Gasteiger partial charge in [-0.05, 0) is 73.7 Å². The van der Waals surface area contributed by atoms with Crippen LogP contribution in [0, 0.1) is 5.92 Å². The smallest absolute Gasteiger partial charge is 0.406 e. The van der Waals surface area contributed by atoms with Crippen molar-refractivity contribution in [1.82, 2.24) is 16.0 Å². The molecule has 0 saturated carbocycles. The summed E-state index contributed by atoms with van der Waals surface area (Å²) in [5.41, 5.74) is 1.94. The summed E-state index contributed by atoms with van der Waals surface area (Å²) in [7, 11) is 4.82. The lowest BCUT2D eigenvalue weighted by molar-refractivity contribution is 0.0605. The van der Waals surface area contributed by atoms with Crippen LogP contribution in [0.5, 0.6) is 5.75 Å². The predicted molar refractivity (Wildman–Crippen MR) is 157 cm³/mol. The Morgan fingerprint density at radius 3 is 2.54 bits per heavy atom. The Hall–Kier alpha value is -2.89. The minimum atomic E-state index is -0.579. The van der Waals surface area contributed by atoms with E-state index in [2.05, 4.69) is 20.7 Å². The molecule has 41 heavy (non-hydrogen) atoms. The SMILES string of the molecule is CN[C@H](CNC(=O)c1cc(OCCOC)cc(C(OCCNC(=O)OC)c2cccc(Cl)c2)c1)CC1CCOCC1. The van der Waals surface area contributed by atoms with Crippen molar-refractivity contribution >= 4 is 23.6 Å². The molecule has 11 heteroatoms. The van der Waals surface area contributed by atoms with Crippen molar-refractivity contribution in [2.75, 3.05) is 67.4 Å². The van der Waals surface area contributed by atoms with E-state index in [1.54, 1.807) is 25.3 Å². The molecule has 2 amide bonds. The molecule has 1 heterocycles. The number of benzene rings is 2. The molecular formula is C30H42ClN3O7. The average Bonchev–Trinajstić information content (AvgIpc) is 2.99. The van der Waals surface area contributed by atoms with Crippen molar-refractivity contribution < 1.29 is 33.3 Å². The zero-order valence-electron chi connectivity index (χ0n) is 24.1. The van der Waals surface area contributed by atoms with Crippen molar-refractivity contribution in [3.8, 4) is 5.75 Å². The number of amides is 2. The number of halogens is 1. The molecule has 2 aromatic carbocycles. The Morgan fingerprint density at radius 2 is 1.83 bits per heavy atom. The van der Waals surface area contributed by atoms with Crippen LogP contribution in [0.2, 0.25) is 5.02 Å². The molecule has 0 radical (unpaired) electrons. The molecule has 1 unspecified atom stereocenters. The van der Waals surface area contributed by atoms with E-state index in [0.717, 1.165) is 38.0 Å². The number of methoxy groups -OCH3 is 2. The van der Waals surface area contributed by atoms with Crippen LogP contribution in [0.25, 0.3) is 0 Å². The third kappa shape index (κ3) is 11.1. The van der Waals surface area contributed by atoms with Crippen molar-refractivity contribution in [3.63, 3.8) is 0 Å². The fourth-order valence-corrected chi connectivity index (χ4v) is 4.89. The van der Waals surface area contributed by atoms with Gasteiger partial charge < -0.3 is 39.6 Å². The van der Waals surface area contributed by atoms with E-state index in [0.29, 0.717) is 47.6 Å². The van der Waals surface area contributed by atoms with Crippen LogP contribution in [0.3, 0.4) is 0 Å². The maximum absolute atomic E-state index is 13.4. The van der Waals surface area contributed by atoms with Gasteiger partial charge in [-0.2, -0.15) is 0 Å². The number of ether oxygens (including phenoxy) is 5. The summed E-state index contributed by atoms with van der Waals surface area (Å²) < 4.78 is 27.4. The second kappa shape index (κ2) is 17.8. The third-order valence-electron chi connectivity index (χ3n) is 6.92. The van der Waals surface area contributed by atoms with Gasteiger partial charge in [0.05, 0.1) is 20.3 Å². The first-order valence-corrected chi connectivity index (χ1v) is 14.3. The molecule has 1 aliphatic heterocycles. The topological polar surface area (TPSA) is 116 Å². The lowest BCUT2D eigenvalue weighted by atomic mass is 9.92. The zero-order chi connectivity index (χ0) is 29.5. The molecule has 1 aliphatic rings. The highest BCUT2D eigenvalue weighted by Crippen LogP contribution is 2.31. The Morgan fingerprint density at radius 1 is 1.02 bits per heavy atom. The number of hydrogen-bond acceptors (Lipinski definition) is 8. The van der Waals surface area contributed by atoms with Crippen LogP contribution in [0.4, 0.5) is 4.79 Å². The van der Waals surface area contributed by atoms with Crippen LogP contribution in [-0.2, 0) is 18.9 Å². The van der Waals surface area contributed by atoms with Crippen LogP contribution in [0.1, 0.15) is 46.9 Å². The summed E-state index contributed by atoms with van der Waals surface area (Å²) >= 11 is 6.31. The fraction of sp³-hybridized carbons (Fsp3) is 0.533. The number of rotatable bonds is 16. The Balaban J connectivity index is 1.81. The molecule has 3 N–H and O–H groups in total. The van der Waals surface area contributed by atoms with E-state index >= 15 is 0 Å². The standard InChI is InChI=1S/C30H42ClN3O7/c1-32-26(15-21-7-10-39-11-8-21)20-34-29(35)24-16-23(18-27(19-24)40-14-13-37-2)28(22-5-4-6-25(31)17-22)41-12-9-33-30(36)38-3/h4-6,16-19,21,26,28,32H,7-15,20H2,1-3H3,(H,33,36)(H,34,35)/t26-,28?/m0/s1. The molecule has 0 spiro atoms. The molecule has 1 saturated heterocycles. The quantitative estimate of drug-likeness (QED) is 0.251. The highest BCUT2D eigenvalue weighted by Gasteiger charge is 2.22. The number of hydrogen-bond donors (Lipinski definition) is 3. The summed E-state index contributed by atoms with van der Waals surface area (Å²) in [6.07, 6.45) is 1.92. The number of likely N-dealkylation sites (N-methyl/N-ethyl adjacent to an activating group) is 1. The maximum Gasteiger partial charge on any atom is 0.406 e. The van der Waals surface area contributed by atoms with E-state index in [4.69, 9.17) is 30.5 Å². The Bertz CT molecular complexity index is 1100. The summed E-state index contributed by atoms with van der Waals surface area (Å²) in [5, 5.41) is 9.58. The van der Waals surface area contributed by atoms with Crippen LogP contribution in [0.15, 0.2) is 42.5 Å². The largest absolute Gasteiger partial charge is 0.491 e. The van der Waals surface area contributed by atoms with Gasteiger partial charge in [0.25, 0.3) is 5.91 Å². The average molecular weight is 592 g/mol. The van der Waals surface area contributed by atoms with Gasteiger partial charge in [0.2, 0.25) is 0 Å². The molecule has 0 aromatic heterocycles. The summed E-state index contributed by atoms with van der Waals surface area (Å²) in [4.78, 5) is 24.9. The van der Waals surface area contributed by atoms with Crippen molar-refractivity contribution in [2.24, 2.45) is 5.92 Å². The molecule has 2 aromatic rings. The molecule has 3 rings (SSSR count). The molecule has 1 fully saturated rings. The summed E-state index contributed by atoms with van der Waals surface area (Å²) in [6, 6.07) is 12.8. The minimum absolute atomic E-state index is 0.146. The molecular weight excluding hydrogens is 550 g/mol. The monoisotopic (exact) mass is 591 g/mol. The Kier molecular flexibility index (Phi) is 14.2. The van der Waals surface area contributed by atoms with E-state index in [1.807, 2.05) is 31.3 Å². The van der Waals surface area contributed by atoms with Crippen molar-refractivity contribution in [1.29, 1.82) is 0 Å². The maximum atomic E-state index is 13.4. The molecule has 226 valence electrons. The first kappa shape index (κ1) is 32.6. The lowest BCUT2D eigenvalue weighted by Crippen LogP contribution is -2.41. The summed E-state index contributed by atoms with van der Waals surface area (Å²) in [5.74, 6) is 0.875. The number of nitrogens with one attached hydrogen (secondary N) is 3. The molecule has 2 atom stereocenters. The summed E-state index contributed by atoms with van der Waals surface area (Å²) in [6.45, 7) is 3.22. The van der Waals surface area contributed by atoms with Gasteiger partial charge in [0.1, 0.15) is 18.5 Å². The second-order valence-electron chi connectivity index (χ2n) is 9.84. The van der Waals surface area contributed by atoms with E-state index in [1.165, 1.54) is 7.11 Å². The van der Waals surface area contributed by atoms with Crippen LogP contribution in [-0.4, -0.2) is 85.4 Å². The first-order valence-electron chi connectivity index (χ1n) is 13.9. The minimum Gasteiger partial charge on any atom is -0.491 e. The van der Waals surface area contributed by atoms with E-state index < -0.39 is 12.2 Å². The van der Waals surface area contributed by atoms with Gasteiger partial charge in [0.15, 0.2) is 0 Å². The first-order chi connectivity index (χ1) is 19.9. The van der Waals surface area contributed by atoms with Crippen molar-refractivity contribution in [2.45, 2.75) is 31.4 Å². The highest BCUT2D eigenvalue weighted by molar-refractivity contribution is 6.30. The lowest BCUT2D eigenvalue weighted by Gasteiger charge is -2.26.